The van der Waals surface area contributed by atoms with Crippen LogP contribution in [0.3, 0.4) is 0 Å². The minimum absolute atomic E-state index is 0.0315. The van der Waals surface area contributed by atoms with Crippen molar-refractivity contribution < 1.29 is 14.3 Å². The SMILES string of the molecule is COCC(=O)N1CCc2cccc(OC)c2C1. The predicted molar refractivity (Wildman–Crippen MR) is 64.0 cm³/mol. The van der Waals surface area contributed by atoms with Crippen molar-refractivity contribution in [3.05, 3.63) is 29.3 Å². The number of nitrogens with zero attached hydrogens (tertiary/aromatic N) is 1. The van der Waals surface area contributed by atoms with E-state index in [4.69, 9.17) is 9.47 Å². The molecule has 2 rings (SSSR count). The van der Waals surface area contributed by atoms with Crippen LogP contribution in [0.5, 0.6) is 5.75 Å². The van der Waals surface area contributed by atoms with Gasteiger partial charge in [0, 0.05) is 25.8 Å². The standard InChI is InChI=1S/C13H17NO3/c1-16-9-13(15)14-7-6-10-4-3-5-12(17-2)11(10)8-14/h3-5H,6-9H2,1-2H3. The molecule has 0 atom stereocenters. The van der Waals surface area contributed by atoms with Gasteiger partial charge in [-0.1, -0.05) is 12.1 Å². The normalized spacial score (nSPS) is 14.4. The van der Waals surface area contributed by atoms with Gasteiger partial charge in [-0.2, -0.15) is 0 Å². The molecule has 1 heterocycles. The lowest BCUT2D eigenvalue weighted by atomic mass is 9.99. The van der Waals surface area contributed by atoms with E-state index in [1.54, 1.807) is 7.11 Å². The van der Waals surface area contributed by atoms with Crippen LogP contribution in [0.1, 0.15) is 11.1 Å². The number of ether oxygens (including phenoxy) is 2. The topological polar surface area (TPSA) is 38.8 Å². The van der Waals surface area contributed by atoms with Crippen LogP contribution in [0.15, 0.2) is 18.2 Å². The molecule has 1 aliphatic heterocycles. The number of carbonyl (C=O) groups is 1. The van der Waals surface area contributed by atoms with Crippen molar-refractivity contribution in [3.63, 3.8) is 0 Å². The van der Waals surface area contributed by atoms with Gasteiger partial charge in [-0.05, 0) is 18.1 Å². The largest absolute Gasteiger partial charge is 0.496 e. The van der Waals surface area contributed by atoms with Crippen LogP contribution >= 0.6 is 0 Å². The second-order valence-corrected chi connectivity index (χ2v) is 4.10. The summed E-state index contributed by atoms with van der Waals surface area (Å²) < 4.78 is 10.2. The molecule has 0 aromatic heterocycles. The highest BCUT2D eigenvalue weighted by molar-refractivity contribution is 5.77. The summed E-state index contributed by atoms with van der Waals surface area (Å²) in [5.41, 5.74) is 2.39. The molecule has 1 aliphatic rings. The Morgan fingerprint density at radius 1 is 1.41 bits per heavy atom. The summed E-state index contributed by atoms with van der Waals surface area (Å²) in [7, 11) is 3.20. The lowest BCUT2D eigenvalue weighted by Crippen LogP contribution is -2.38. The van der Waals surface area contributed by atoms with E-state index in [-0.39, 0.29) is 12.5 Å². The summed E-state index contributed by atoms with van der Waals surface area (Å²) in [6.45, 7) is 1.51. The van der Waals surface area contributed by atoms with Crippen molar-refractivity contribution in [2.75, 3.05) is 27.4 Å². The Morgan fingerprint density at radius 3 is 2.94 bits per heavy atom. The van der Waals surface area contributed by atoms with Gasteiger partial charge in [0.15, 0.2) is 0 Å². The smallest absolute Gasteiger partial charge is 0.248 e. The number of amides is 1. The quantitative estimate of drug-likeness (QED) is 0.791. The van der Waals surface area contributed by atoms with Crippen molar-refractivity contribution in [2.24, 2.45) is 0 Å². The van der Waals surface area contributed by atoms with Crippen LogP contribution < -0.4 is 4.74 Å². The number of rotatable bonds is 3. The first-order valence-corrected chi connectivity index (χ1v) is 5.67. The zero-order chi connectivity index (χ0) is 12.3. The first-order chi connectivity index (χ1) is 8.26. The number of benzene rings is 1. The first kappa shape index (κ1) is 11.9. The summed E-state index contributed by atoms with van der Waals surface area (Å²) in [4.78, 5) is 13.6. The Morgan fingerprint density at radius 2 is 2.24 bits per heavy atom. The monoisotopic (exact) mass is 235 g/mol. The summed E-state index contributed by atoms with van der Waals surface area (Å²) >= 11 is 0. The molecule has 0 saturated heterocycles. The average molecular weight is 235 g/mol. The van der Waals surface area contributed by atoms with E-state index in [1.807, 2.05) is 17.0 Å². The van der Waals surface area contributed by atoms with Crippen molar-refractivity contribution in [3.8, 4) is 5.75 Å². The highest BCUT2D eigenvalue weighted by Crippen LogP contribution is 2.27. The van der Waals surface area contributed by atoms with Crippen LogP contribution in [-0.4, -0.2) is 38.2 Å². The van der Waals surface area contributed by atoms with Crippen molar-refractivity contribution in [2.45, 2.75) is 13.0 Å². The summed E-state index contributed by atoms with van der Waals surface area (Å²) in [6.07, 6.45) is 0.877. The van der Waals surface area contributed by atoms with E-state index in [9.17, 15) is 4.79 Å². The van der Waals surface area contributed by atoms with Crippen molar-refractivity contribution in [1.82, 2.24) is 4.90 Å². The van der Waals surface area contributed by atoms with E-state index >= 15 is 0 Å². The van der Waals surface area contributed by atoms with E-state index in [0.29, 0.717) is 6.54 Å². The van der Waals surface area contributed by atoms with E-state index in [2.05, 4.69) is 6.07 Å². The lowest BCUT2D eigenvalue weighted by molar-refractivity contribution is -0.136. The molecule has 0 radical (unpaired) electrons. The van der Waals surface area contributed by atoms with Crippen LogP contribution in [0.25, 0.3) is 0 Å². The third-order valence-corrected chi connectivity index (χ3v) is 3.07. The van der Waals surface area contributed by atoms with Gasteiger partial charge in [0.05, 0.1) is 7.11 Å². The average Bonchev–Trinajstić information content (AvgIpc) is 2.37. The van der Waals surface area contributed by atoms with Crippen LogP contribution in [0.4, 0.5) is 0 Å². The van der Waals surface area contributed by atoms with E-state index < -0.39 is 0 Å². The number of fused-ring (bicyclic) bond motifs is 1. The molecule has 4 heteroatoms. The van der Waals surface area contributed by atoms with Gasteiger partial charge in [-0.3, -0.25) is 4.79 Å². The molecule has 0 saturated carbocycles. The Hall–Kier alpha value is -1.55. The van der Waals surface area contributed by atoms with Crippen LogP contribution in [-0.2, 0) is 22.5 Å². The summed E-state index contributed by atoms with van der Waals surface area (Å²) in [5.74, 6) is 0.890. The molecule has 0 bridgehead atoms. The minimum atomic E-state index is 0.0315. The third kappa shape index (κ3) is 2.42. The highest BCUT2D eigenvalue weighted by atomic mass is 16.5. The molecule has 1 amide bonds. The van der Waals surface area contributed by atoms with E-state index in [1.165, 1.54) is 12.7 Å². The fourth-order valence-corrected chi connectivity index (χ4v) is 2.17. The first-order valence-electron chi connectivity index (χ1n) is 5.67. The maximum absolute atomic E-state index is 11.8. The summed E-state index contributed by atoms with van der Waals surface area (Å²) in [5, 5.41) is 0. The highest BCUT2D eigenvalue weighted by Gasteiger charge is 2.22. The van der Waals surface area contributed by atoms with Crippen LogP contribution in [0, 0.1) is 0 Å². The fraction of sp³-hybridized carbons (Fsp3) is 0.462. The Kier molecular flexibility index (Phi) is 3.64. The van der Waals surface area contributed by atoms with Gasteiger partial charge in [-0.25, -0.2) is 0 Å². The van der Waals surface area contributed by atoms with Gasteiger partial charge >= 0.3 is 0 Å². The predicted octanol–water partition coefficient (Wildman–Crippen LogP) is 1.23. The number of carbonyl (C=O) groups excluding carboxylic acids is 1. The zero-order valence-corrected chi connectivity index (χ0v) is 10.2. The van der Waals surface area contributed by atoms with Crippen molar-refractivity contribution >= 4 is 5.91 Å². The van der Waals surface area contributed by atoms with Crippen LogP contribution in [0.2, 0.25) is 0 Å². The molecule has 0 unspecified atom stereocenters. The number of hydrogen-bond donors (Lipinski definition) is 0. The molecular formula is C13H17NO3. The molecule has 17 heavy (non-hydrogen) atoms. The Bertz CT molecular complexity index is 403. The molecule has 0 aliphatic carbocycles. The maximum Gasteiger partial charge on any atom is 0.248 e. The summed E-state index contributed by atoms with van der Waals surface area (Å²) in [6, 6.07) is 6.02. The molecule has 92 valence electrons. The molecule has 0 spiro atoms. The second kappa shape index (κ2) is 5.19. The van der Waals surface area contributed by atoms with Gasteiger partial charge in [0.2, 0.25) is 5.91 Å². The number of hydrogen-bond acceptors (Lipinski definition) is 3. The Balaban J connectivity index is 2.19. The maximum atomic E-state index is 11.8. The van der Waals surface area contributed by atoms with Gasteiger partial charge in [0.1, 0.15) is 12.4 Å². The fourth-order valence-electron chi connectivity index (χ4n) is 2.17. The molecule has 4 nitrogen and oxygen atoms in total. The molecule has 0 N–H and O–H groups in total. The third-order valence-electron chi connectivity index (χ3n) is 3.07. The van der Waals surface area contributed by atoms with Gasteiger partial charge < -0.3 is 14.4 Å². The lowest BCUT2D eigenvalue weighted by Gasteiger charge is -2.29. The van der Waals surface area contributed by atoms with E-state index in [0.717, 1.165) is 24.3 Å². The molecule has 1 aromatic carbocycles. The molecular weight excluding hydrogens is 218 g/mol. The number of methoxy groups -OCH3 is 2. The molecule has 0 fully saturated rings. The van der Waals surface area contributed by atoms with Crippen molar-refractivity contribution in [1.29, 1.82) is 0 Å². The molecule has 1 aromatic rings. The Labute approximate surface area is 101 Å². The zero-order valence-electron chi connectivity index (χ0n) is 10.2. The minimum Gasteiger partial charge on any atom is -0.496 e. The van der Waals surface area contributed by atoms with Gasteiger partial charge in [-0.15, -0.1) is 0 Å². The second-order valence-electron chi connectivity index (χ2n) is 4.10. The van der Waals surface area contributed by atoms with Gasteiger partial charge in [0.25, 0.3) is 0 Å².